The highest BCUT2D eigenvalue weighted by atomic mass is 35.5. The van der Waals surface area contributed by atoms with Crippen molar-refractivity contribution in [1.29, 1.82) is 0 Å². The predicted molar refractivity (Wildman–Crippen MR) is 109 cm³/mol. The number of hydrogen-bond donors (Lipinski definition) is 3. The van der Waals surface area contributed by atoms with Gasteiger partial charge in [0.05, 0.1) is 15.6 Å². The van der Waals surface area contributed by atoms with Crippen LogP contribution in [0, 0.1) is 5.92 Å². The monoisotopic (exact) mass is 413 g/mol. The van der Waals surface area contributed by atoms with Crippen LogP contribution in [0.15, 0.2) is 35.7 Å². The first-order valence-corrected chi connectivity index (χ1v) is 9.46. The molecule has 1 fully saturated rings. The third-order valence-electron chi connectivity index (χ3n) is 4.37. The summed E-state index contributed by atoms with van der Waals surface area (Å²) < 4.78 is 0. The van der Waals surface area contributed by atoms with Crippen LogP contribution in [0.1, 0.15) is 33.4 Å². The van der Waals surface area contributed by atoms with E-state index in [1.54, 1.807) is 24.3 Å². The fourth-order valence-corrected chi connectivity index (χ4v) is 3.57. The average Bonchev–Trinajstić information content (AvgIpc) is 3.13. The van der Waals surface area contributed by atoms with E-state index >= 15 is 0 Å². The highest BCUT2D eigenvalue weighted by Crippen LogP contribution is 2.24. The van der Waals surface area contributed by atoms with Gasteiger partial charge in [-0.05, 0) is 48.5 Å². The number of halogens is 2. The van der Waals surface area contributed by atoms with E-state index in [-0.39, 0.29) is 30.3 Å². The number of amides is 2. The molecule has 2 aromatic rings. The lowest BCUT2D eigenvalue weighted by Crippen LogP contribution is -2.50. The SMILES string of the molecule is CC1CCNCC1NC(=O)c1ccc(Cl)c(NC(=O)c2cccs2)c1.Cl. The van der Waals surface area contributed by atoms with Gasteiger partial charge in [0, 0.05) is 18.2 Å². The zero-order valence-corrected chi connectivity index (χ0v) is 16.6. The van der Waals surface area contributed by atoms with Gasteiger partial charge in [-0.15, -0.1) is 23.7 Å². The molecule has 2 heterocycles. The van der Waals surface area contributed by atoms with Crippen LogP contribution in [0.2, 0.25) is 5.02 Å². The molecule has 1 aliphatic rings. The van der Waals surface area contributed by atoms with Gasteiger partial charge in [-0.1, -0.05) is 24.6 Å². The Kier molecular flexibility index (Phi) is 7.46. The van der Waals surface area contributed by atoms with Crippen LogP contribution >= 0.6 is 35.3 Å². The van der Waals surface area contributed by atoms with Crippen molar-refractivity contribution >= 4 is 52.8 Å². The van der Waals surface area contributed by atoms with Crippen LogP contribution in [0.5, 0.6) is 0 Å². The fourth-order valence-electron chi connectivity index (χ4n) is 2.79. The first kappa shape index (κ1) is 20.7. The van der Waals surface area contributed by atoms with Gasteiger partial charge >= 0.3 is 0 Å². The van der Waals surface area contributed by atoms with E-state index in [1.165, 1.54) is 11.3 Å². The molecule has 3 rings (SSSR count). The van der Waals surface area contributed by atoms with E-state index in [0.717, 1.165) is 19.5 Å². The fraction of sp³-hybridized carbons (Fsp3) is 0.333. The molecule has 2 atom stereocenters. The minimum Gasteiger partial charge on any atom is -0.348 e. The van der Waals surface area contributed by atoms with Crippen molar-refractivity contribution in [3.8, 4) is 0 Å². The second-order valence-electron chi connectivity index (χ2n) is 6.18. The molecule has 140 valence electrons. The van der Waals surface area contributed by atoms with Gasteiger partial charge in [-0.2, -0.15) is 0 Å². The predicted octanol–water partition coefficient (Wildman–Crippen LogP) is 3.80. The molecule has 0 radical (unpaired) electrons. The number of rotatable bonds is 4. The molecule has 8 heteroatoms. The summed E-state index contributed by atoms with van der Waals surface area (Å²) in [6.45, 7) is 3.89. The Hall–Kier alpha value is -1.60. The lowest BCUT2D eigenvalue weighted by molar-refractivity contribution is 0.0914. The molecule has 1 aromatic carbocycles. The second-order valence-corrected chi connectivity index (χ2v) is 7.53. The van der Waals surface area contributed by atoms with Gasteiger partial charge in [-0.3, -0.25) is 9.59 Å². The zero-order chi connectivity index (χ0) is 17.8. The molecule has 0 bridgehead atoms. The molecule has 1 saturated heterocycles. The summed E-state index contributed by atoms with van der Waals surface area (Å²) in [4.78, 5) is 25.3. The number of piperidine rings is 1. The maximum Gasteiger partial charge on any atom is 0.265 e. The summed E-state index contributed by atoms with van der Waals surface area (Å²) >= 11 is 7.52. The number of benzene rings is 1. The zero-order valence-electron chi connectivity index (χ0n) is 14.3. The molecule has 3 N–H and O–H groups in total. The molecule has 1 aromatic heterocycles. The van der Waals surface area contributed by atoms with Crippen LogP contribution in [0.4, 0.5) is 5.69 Å². The smallest absolute Gasteiger partial charge is 0.265 e. The van der Waals surface area contributed by atoms with Crippen molar-refractivity contribution in [2.75, 3.05) is 18.4 Å². The van der Waals surface area contributed by atoms with Gasteiger partial charge in [0.15, 0.2) is 0 Å². The van der Waals surface area contributed by atoms with E-state index in [0.29, 0.717) is 27.1 Å². The van der Waals surface area contributed by atoms with Crippen molar-refractivity contribution in [1.82, 2.24) is 10.6 Å². The number of carbonyl (C=O) groups excluding carboxylic acids is 2. The maximum absolute atomic E-state index is 12.5. The largest absolute Gasteiger partial charge is 0.348 e. The number of anilines is 1. The summed E-state index contributed by atoms with van der Waals surface area (Å²) in [6, 6.07) is 8.56. The molecular weight excluding hydrogens is 393 g/mol. The van der Waals surface area contributed by atoms with Gasteiger partial charge < -0.3 is 16.0 Å². The highest BCUT2D eigenvalue weighted by Gasteiger charge is 2.23. The van der Waals surface area contributed by atoms with E-state index in [2.05, 4.69) is 22.9 Å². The van der Waals surface area contributed by atoms with Gasteiger partial charge in [0.25, 0.3) is 11.8 Å². The van der Waals surface area contributed by atoms with E-state index < -0.39 is 0 Å². The Morgan fingerprint density at radius 3 is 2.77 bits per heavy atom. The van der Waals surface area contributed by atoms with Crippen LogP contribution < -0.4 is 16.0 Å². The van der Waals surface area contributed by atoms with Crippen LogP contribution in [-0.4, -0.2) is 30.9 Å². The lowest BCUT2D eigenvalue weighted by atomic mass is 9.94. The molecule has 0 aliphatic carbocycles. The molecular formula is C18H21Cl2N3O2S. The van der Waals surface area contributed by atoms with Crippen LogP contribution in [0.25, 0.3) is 0 Å². The number of carbonyl (C=O) groups is 2. The number of hydrogen-bond acceptors (Lipinski definition) is 4. The molecule has 0 saturated carbocycles. The Bertz CT molecular complexity index is 768. The molecule has 0 spiro atoms. The first-order chi connectivity index (χ1) is 12.0. The van der Waals surface area contributed by atoms with Gasteiger partial charge in [0.2, 0.25) is 0 Å². The average molecular weight is 414 g/mol. The molecule has 1 aliphatic heterocycles. The van der Waals surface area contributed by atoms with Crippen molar-refractivity contribution in [3.63, 3.8) is 0 Å². The van der Waals surface area contributed by atoms with Crippen molar-refractivity contribution < 1.29 is 9.59 Å². The lowest BCUT2D eigenvalue weighted by Gasteiger charge is -2.30. The molecule has 26 heavy (non-hydrogen) atoms. The molecule has 5 nitrogen and oxygen atoms in total. The Morgan fingerprint density at radius 2 is 2.08 bits per heavy atom. The topological polar surface area (TPSA) is 70.2 Å². The van der Waals surface area contributed by atoms with E-state index in [9.17, 15) is 9.59 Å². The Morgan fingerprint density at radius 1 is 1.27 bits per heavy atom. The van der Waals surface area contributed by atoms with Crippen LogP contribution in [-0.2, 0) is 0 Å². The third kappa shape index (κ3) is 4.98. The number of thiophene rings is 1. The molecule has 2 amide bonds. The second kappa shape index (κ2) is 9.37. The standard InChI is InChI=1S/C18H20ClN3O2S.ClH/c1-11-6-7-20-10-15(11)22-17(23)12-4-5-13(19)14(9-12)21-18(24)16-3-2-8-25-16;/h2-5,8-9,11,15,20H,6-7,10H2,1H3,(H,21,24)(H,22,23);1H. The molecule has 2 unspecified atom stereocenters. The highest BCUT2D eigenvalue weighted by molar-refractivity contribution is 7.12. The van der Waals surface area contributed by atoms with E-state index in [1.807, 2.05) is 11.4 Å². The maximum atomic E-state index is 12.5. The van der Waals surface area contributed by atoms with Gasteiger partial charge in [0.1, 0.15) is 0 Å². The van der Waals surface area contributed by atoms with E-state index in [4.69, 9.17) is 11.6 Å². The summed E-state index contributed by atoms with van der Waals surface area (Å²) in [7, 11) is 0. The quantitative estimate of drug-likeness (QED) is 0.713. The summed E-state index contributed by atoms with van der Waals surface area (Å²) in [6.07, 6.45) is 1.04. The summed E-state index contributed by atoms with van der Waals surface area (Å²) in [5.74, 6) is 0.0268. The van der Waals surface area contributed by atoms with Crippen molar-refractivity contribution in [2.45, 2.75) is 19.4 Å². The normalized spacial score (nSPS) is 19.3. The Labute approximate surface area is 167 Å². The van der Waals surface area contributed by atoms with Gasteiger partial charge in [-0.25, -0.2) is 0 Å². The van der Waals surface area contributed by atoms with Crippen molar-refractivity contribution in [2.24, 2.45) is 5.92 Å². The summed E-state index contributed by atoms with van der Waals surface area (Å²) in [5.41, 5.74) is 0.909. The Balaban J connectivity index is 0.00000243. The third-order valence-corrected chi connectivity index (χ3v) is 5.56. The number of nitrogens with one attached hydrogen (secondary N) is 3. The summed E-state index contributed by atoms with van der Waals surface area (Å²) in [5, 5.41) is 11.3. The minimum absolute atomic E-state index is 0. The van der Waals surface area contributed by atoms with Crippen LogP contribution in [0.3, 0.4) is 0 Å². The first-order valence-electron chi connectivity index (χ1n) is 8.20. The minimum atomic E-state index is -0.237. The van der Waals surface area contributed by atoms with Crippen molar-refractivity contribution in [3.05, 3.63) is 51.2 Å².